The van der Waals surface area contributed by atoms with Crippen LogP contribution in [0.1, 0.15) is 31.1 Å². The van der Waals surface area contributed by atoms with Crippen molar-refractivity contribution >= 4 is 12.0 Å². The number of hydrogen-bond acceptors (Lipinski definition) is 4. The van der Waals surface area contributed by atoms with E-state index in [0.29, 0.717) is 11.5 Å². The van der Waals surface area contributed by atoms with E-state index in [1.165, 1.54) is 0 Å². The van der Waals surface area contributed by atoms with Crippen LogP contribution in [-0.2, 0) is 4.79 Å². The van der Waals surface area contributed by atoms with Gasteiger partial charge in [0.15, 0.2) is 18.1 Å². The maximum Gasteiger partial charge on any atom is 0.258 e. The molecule has 0 aliphatic carbocycles. The van der Waals surface area contributed by atoms with Crippen molar-refractivity contribution in [2.75, 3.05) is 13.7 Å². The van der Waals surface area contributed by atoms with Gasteiger partial charge in [-0.15, -0.1) is 0 Å². The molecule has 1 atom stereocenters. The SMILES string of the molecule is C/C=C/c1ccc(OCC(=O)NC(C)c2ccccn2)c(OC)c1. The fourth-order valence-electron chi connectivity index (χ4n) is 2.23. The summed E-state index contributed by atoms with van der Waals surface area (Å²) < 4.78 is 10.9. The maximum absolute atomic E-state index is 12.1. The Hall–Kier alpha value is -2.82. The molecule has 1 aromatic carbocycles. The van der Waals surface area contributed by atoms with Gasteiger partial charge in [-0.3, -0.25) is 9.78 Å². The molecule has 0 spiro atoms. The van der Waals surface area contributed by atoms with Crippen molar-refractivity contribution in [3.05, 3.63) is 59.9 Å². The summed E-state index contributed by atoms with van der Waals surface area (Å²) in [5.41, 5.74) is 1.81. The van der Waals surface area contributed by atoms with Crippen molar-refractivity contribution < 1.29 is 14.3 Å². The molecule has 126 valence electrons. The molecule has 0 bridgehead atoms. The van der Waals surface area contributed by atoms with Gasteiger partial charge in [-0.05, 0) is 43.7 Å². The molecular formula is C19H22N2O3. The van der Waals surface area contributed by atoms with Gasteiger partial charge in [0, 0.05) is 6.20 Å². The van der Waals surface area contributed by atoms with E-state index in [1.807, 2.05) is 56.3 Å². The van der Waals surface area contributed by atoms with Gasteiger partial charge >= 0.3 is 0 Å². The van der Waals surface area contributed by atoms with Crippen molar-refractivity contribution in [3.8, 4) is 11.5 Å². The van der Waals surface area contributed by atoms with Gasteiger partial charge in [0.05, 0.1) is 18.8 Å². The number of methoxy groups -OCH3 is 1. The van der Waals surface area contributed by atoms with Crippen molar-refractivity contribution in [2.24, 2.45) is 0 Å². The van der Waals surface area contributed by atoms with E-state index in [1.54, 1.807) is 19.4 Å². The van der Waals surface area contributed by atoms with Crippen LogP contribution in [-0.4, -0.2) is 24.6 Å². The molecule has 5 nitrogen and oxygen atoms in total. The van der Waals surface area contributed by atoms with E-state index in [-0.39, 0.29) is 18.6 Å². The second kappa shape index (κ2) is 8.72. The van der Waals surface area contributed by atoms with E-state index in [2.05, 4.69) is 10.3 Å². The van der Waals surface area contributed by atoms with Gasteiger partial charge in [-0.25, -0.2) is 0 Å². The Bertz CT molecular complexity index is 699. The number of allylic oxidation sites excluding steroid dienone is 1. The summed E-state index contributed by atoms with van der Waals surface area (Å²) >= 11 is 0. The molecule has 0 saturated carbocycles. The highest BCUT2D eigenvalue weighted by molar-refractivity contribution is 5.78. The summed E-state index contributed by atoms with van der Waals surface area (Å²) in [6, 6.07) is 11.0. The maximum atomic E-state index is 12.1. The third-order valence-corrected chi connectivity index (χ3v) is 3.41. The minimum absolute atomic E-state index is 0.0868. The molecule has 0 saturated heterocycles. The lowest BCUT2D eigenvalue weighted by atomic mass is 10.2. The number of amides is 1. The highest BCUT2D eigenvalue weighted by atomic mass is 16.5. The topological polar surface area (TPSA) is 60.5 Å². The van der Waals surface area contributed by atoms with Crippen LogP contribution < -0.4 is 14.8 Å². The van der Waals surface area contributed by atoms with Crippen LogP contribution in [0.3, 0.4) is 0 Å². The molecule has 0 radical (unpaired) electrons. The molecule has 1 aromatic heterocycles. The molecule has 0 fully saturated rings. The van der Waals surface area contributed by atoms with E-state index in [9.17, 15) is 4.79 Å². The fraction of sp³-hybridized carbons (Fsp3) is 0.263. The number of rotatable bonds is 7. The summed E-state index contributed by atoms with van der Waals surface area (Å²) in [5.74, 6) is 0.912. The Morgan fingerprint density at radius 1 is 1.29 bits per heavy atom. The Labute approximate surface area is 142 Å². The number of hydrogen-bond donors (Lipinski definition) is 1. The normalized spacial score (nSPS) is 12.0. The molecule has 1 unspecified atom stereocenters. The van der Waals surface area contributed by atoms with E-state index < -0.39 is 0 Å². The van der Waals surface area contributed by atoms with Crippen molar-refractivity contribution in [1.82, 2.24) is 10.3 Å². The number of nitrogens with one attached hydrogen (secondary N) is 1. The molecule has 0 aliphatic heterocycles. The molecule has 5 heteroatoms. The van der Waals surface area contributed by atoms with Gasteiger partial charge in [-0.2, -0.15) is 0 Å². The lowest BCUT2D eigenvalue weighted by Gasteiger charge is -2.15. The molecule has 24 heavy (non-hydrogen) atoms. The summed E-state index contributed by atoms with van der Waals surface area (Å²) in [4.78, 5) is 16.3. The van der Waals surface area contributed by atoms with Gasteiger partial charge < -0.3 is 14.8 Å². The highest BCUT2D eigenvalue weighted by Crippen LogP contribution is 2.28. The van der Waals surface area contributed by atoms with Crippen molar-refractivity contribution in [3.63, 3.8) is 0 Å². The van der Waals surface area contributed by atoms with Crippen LogP contribution in [0.4, 0.5) is 0 Å². The number of carbonyl (C=O) groups is 1. The van der Waals surface area contributed by atoms with Crippen LogP contribution in [0.5, 0.6) is 11.5 Å². The number of pyridine rings is 1. The summed E-state index contributed by atoms with van der Waals surface area (Å²) in [6.45, 7) is 3.74. The quantitative estimate of drug-likeness (QED) is 0.847. The number of benzene rings is 1. The van der Waals surface area contributed by atoms with E-state index in [0.717, 1.165) is 11.3 Å². The third kappa shape index (κ3) is 4.84. The smallest absolute Gasteiger partial charge is 0.258 e. The standard InChI is InChI=1S/C19H22N2O3/c1-4-7-15-9-10-17(18(12-15)23-3)24-13-19(22)21-14(2)16-8-5-6-11-20-16/h4-12,14H,13H2,1-3H3,(H,21,22)/b7-4+. The van der Waals surface area contributed by atoms with E-state index >= 15 is 0 Å². The first kappa shape index (κ1) is 17.5. The number of carbonyl (C=O) groups excluding carboxylic acids is 1. The molecular weight excluding hydrogens is 304 g/mol. The fourth-order valence-corrected chi connectivity index (χ4v) is 2.23. The van der Waals surface area contributed by atoms with E-state index in [4.69, 9.17) is 9.47 Å². The predicted molar refractivity (Wildman–Crippen MR) is 94.0 cm³/mol. The van der Waals surface area contributed by atoms with Gasteiger partial charge in [0.2, 0.25) is 0 Å². The second-order valence-electron chi connectivity index (χ2n) is 5.24. The number of aromatic nitrogens is 1. The third-order valence-electron chi connectivity index (χ3n) is 3.41. The monoisotopic (exact) mass is 326 g/mol. The molecule has 1 heterocycles. The average Bonchev–Trinajstić information content (AvgIpc) is 2.61. The summed E-state index contributed by atoms with van der Waals surface area (Å²) in [7, 11) is 1.57. The van der Waals surface area contributed by atoms with Crippen LogP contribution in [0.15, 0.2) is 48.7 Å². The lowest BCUT2D eigenvalue weighted by molar-refractivity contribution is -0.123. The van der Waals surface area contributed by atoms with Gasteiger partial charge in [0.1, 0.15) is 0 Å². The molecule has 2 rings (SSSR count). The number of ether oxygens (including phenoxy) is 2. The largest absolute Gasteiger partial charge is 0.493 e. The Balaban J connectivity index is 1.94. The molecule has 0 aliphatic rings. The van der Waals surface area contributed by atoms with Crippen molar-refractivity contribution in [1.29, 1.82) is 0 Å². The number of nitrogens with zero attached hydrogens (tertiary/aromatic N) is 1. The second-order valence-corrected chi connectivity index (χ2v) is 5.24. The molecule has 1 N–H and O–H groups in total. The molecule has 1 amide bonds. The van der Waals surface area contributed by atoms with Crippen molar-refractivity contribution in [2.45, 2.75) is 19.9 Å². The van der Waals surface area contributed by atoms with Crippen LogP contribution >= 0.6 is 0 Å². The first-order valence-corrected chi connectivity index (χ1v) is 7.78. The Morgan fingerprint density at radius 3 is 2.79 bits per heavy atom. The van der Waals surface area contributed by atoms with Gasteiger partial charge in [0.25, 0.3) is 5.91 Å². The Kier molecular flexibility index (Phi) is 6.37. The Morgan fingerprint density at radius 2 is 2.12 bits per heavy atom. The zero-order chi connectivity index (χ0) is 17.4. The predicted octanol–water partition coefficient (Wildman–Crippen LogP) is 3.38. The lowest BCUT2D eigenvalue weighted by Crippen LogP contribution is -2.31. The first-order valence-electron chi connectivity index (χ1n) is 7.78. The van der Waals surface area contributed by atoms with Gasteiger partial charge in [-0.1, -0.05) is 24.3 Å². The summed E-state index contributed by atoms with van der Waals surface area (Å²) in [6.07, 6.45) is 5.61. The zero-order valence-electron chi connectivity index (χ0n) is 14.2. The average molecular weight is 326 g/mol. The van der Waals surface area contributed by atoms with Crippen LogP contribution in [0.2, 0.25) is 0 Å². The first-order chi connectivity index (χ1) is 11.6. The highest BCUT2D eigenvalue weighted by Gasteiger charge is 2.12. The summed E-state index contributed by atoms with van der Waals surface area (Å²) in [5, 5.41) is 2.86. The van der Waals surface area contributed by atoms with Crippen LogP contribution in [0, 0.1) is 0 Å². The molecule has 2 aromatic rings. The minimum Gasteiger partial charge on any atom is -0.493 e. The minimum atomic E-state index is -0.215. The zero-order valence-corrected chi connectivity index (χ0v) is 14.2. The van der Waals surface area contributed by atoms with Crippen LogP contribution in [0.25, 0.3) is 6.08 Å².